The van der Waals surface area contributed by atoms with Crippen LogP contribution in [0.3, 0.4) is 0 Å². The van der Waals surface area contributed by atoms with E-state index in [0.717, 1.165) is 18.0 Å². The van der Waals surface area contributed by atoms with Gasteiger partial charge in [0.15, 0.2) is 6.10 Å². The molecule has 1 atom stereocenters. The van der Waals surface area contributed by atoms with Crippen molar-refractivity contribution in [2.24, 2.45) is 0 Å². The molecule has 1 aliphatic rings. The second-order valence-corrected chi connectivity index (χ2v) is 6.40. The van der Waals surface area contributed by atoms with E-state index in [0.29, 0.717) is 43.2 Å². The lowest BCUT2D eigenvalue weighted by molar-refractivity contribution is -0.148. The maximum Gasteiger partial charge on any atom is 0.267 e. The summed E-state index contributed by atoms with van der Waals surface area (Å²) in [6.45, 7) is 5.98. The number of nitrogens with zero attached hydrogens (tertiary/aromatic N) is 4. The van der Waals surface area contributed by atoms with Gasteiger partial charge in [0.05, 0.1) is 18.8 Å². The lowest BCUT2D eigenvalue weighted by Gasteiger charge is -2.34. The maximum atomic E-state index is 12.6. The van der Waals surface area contributed by atoms with Gasteiger partial charge in [-0.1, -0.05) is 4.49 Å². The number of aromatic nitrogens is 2. The van der Waals surface area contributed by atoms with Crippen LogP contribution in [0.4, 0.5) is 0 Å². The van der Waals surface area contributed by atoms with Crippen molar-refractivity contribution in [2.75, 3.05) is 39.4 Å². The highest BCUT2D eigenvalue weighted by Gasteiger charge is 2.33. The van der Waals surface area contributed by atoms with Crippen LogP contribution in [0.15, 0.2) is 0 Å². The molecule has 1 unspecified atom stereocenters. The summed E-state index contributed by atoms with van der Waals surface area (Å²) >= 11 is 1.07. The number of aliphatic hydroxyl groups is 1. The van der Waals surface area contributed by atoms with E-state index in [9.17, 15) is 9.59 Å². The summed E-state index contributed by atoms with van der Waals surface area (Å²) in [5.74, 6) is -0.251. The molecule has 8 nitrogen and oxygen atoms in total. The average Bonchev–Trinajstić information content (AvgIpc) is 3.03. The largest absolute Gasteiger partial charge is 0.396 e. The number of unbranched alkanes of at least 4 members (excludes halogenated alkanes) is 1. The van der Waals surface area contributed by atoms with Crippen molar-refractivity contribution >= 4 is 23.3 Å². The number of rotatable bonds is 7. The first-order valence-corrected chi connectivity index (χ1v) is 8.95. The molecule has 134 valence electrons. The molecule has 0 saturated carbocycles. The molecule has 0 radical (unpaired) electrons. The van der Waals surface area contributed by atoms with Gasteiger partial charge in [0.1, 0.15) is 4.88 Å². The first-order chi connectivity index (χ1) is 11.6. The first kappa shape index (κ1) is 18.8. The molecular formula is C15H24N4O4S. The van der Waals surface area contributed by atoms with E-state index in [-0.39, 0.29) is 25.0 Å². The Balaban J connectivity index is 1.97. The van der Waals surface area contributed by atoms with Gasteiger partial charge in [0, 0.05) is 26.2 Å². The minimum atomic E-state index is -0.641. The van der Waals surface area contributed by atoms with Crippen LogP contribution in [0, 0.1) is 6.92 Å². The summed E-state index contributed by atoms with van der Waals surface area (Å²) in [4.78, 5) is 29.0. The average molecular weight is 356 g/mol. The fraction of sp³-hybridized carbons (Fsp3) is 0.733. The summed E-state index contributed by atoms with van der Waals surface area (Å²) in [7, 11) is 0. The van der Waals surface area contributed by atoms with Gasteiger partial charge >= 0.3 is 0 Å². The van der Waals surface area contributed by atoms with Crippen molar-refractivity contribution in [3.63, 3.8) is 0 Å². The van der Waals surface area contributed by atoms with Crippen molar-refractivity contribution in [1.82, 2.24) is 19.4 Å². The van der Waals surface area contributed by atoms with Gasteiger partial charge in [-0.05, 0) is 38.2 Å². The Morgan fingerprint density at radius 2 is 2.25 bits per heavy atom. The zero-order valence-corrected chi connectivity index (χ0v) is 14.9. The predicted octanol–water partition coefficient (Wildman–Crippen LogP) is 0.309. The molecule has 0 aliphatic carbocycles. The number of ether oxygens (including phenoxy) is 1. The summed E-state index contributed by atoms with van der Waals surface area (Å²) in [6.07, 6.45) is 0.771. The minimum absolute atomic E-state index is 0.105. The lowest BCUT2D eigenvalue weighted by atomic mass is 10.2. The highest BCUT2D eigenvalue weighted by molar-refractivity contribution is 7.07. The number of morpholine rings is 1. The molecular weight excluding hydrogens is 332 g/mol. The van der Waals surface area contributed by atoms with Gasteiger partial charge in [-0.3, -0.25) is 9.59 Å². The topological polar surface area (TPSA) is 95.9 Å². The van der Waals surface area contributed by atoms with E-state index in [1.165, 1.54) is 0 Å². The van der Waals surface area contributed by atoms with Crippen LogP contribution in [0.2, 0.25) is 0 Å². The van der Waals surface area contributed by atoms with Crippen LogP contribution in [0.5, 0.6) is 0 Å². The monoisotopic (exact) mass is 356 g/mol. The Bertz CT molecular complexity index is 565. The van der Waals surface area contributed by atoms with E-state index < -0.39 is 6.10 Å². The normalized spacial score (nSPS) is 17.8. The molecule has 9 heteroatoms. The molecule has 1 aromatic heterocycles. The molecule has 1 N–H and O–H groups in total. The van der Waals surface area contributed by atoms with Gasteiger partial charge in [-0.15, -0.1) is 5.10 Å². The Morgan fingerprint density at radius 1 is 1.46 bits per heavy atom. The van der Waals surface area contributed by atoms with Gasteiger partial charge < -0.3 is 19.6 Å². The fourth-order valence-electron chi connectivity index (χ4n) is 2.60. The second-order valence-electron chi connectivity index (χ2n) is 5.65. The maximum absolute atomic E-state index is 12.6. The molecule has 1 aliphatic heterocycles. The number of aryl methyl sites for hydroxylation is 1. The highest BCUT2D eigenvalue weighted by atomic mass is 32.1. The van der Waals surface area contributed by atoms with E-state index in [4.69, 9.17) is 9.84 Å². The smallest absolute Gasteiger partial charge is 0.267 e. The Kier molecular flexibility index (Phi) is 7.07. The predicted molar refractivity (Wildman–Crippen MR) is 88.9 cm³/mol. The van der Waals surface area contributed by atoms with Crippen LogP contribution >= 0.6 is 11.5 Å². The van der Waals surface area contributed by atoms with Crippen LogP contribution in [0.1, 0.15) is 35.1 Å². The van der Waals surface area contributed by atoms with E-state index >= 15 is 0 Å². The summed E-state index contributed by atoms with van der Waals surface area (Å²) in [5.41, 5.74) is 0.610. The number of carbonyl (C=O) groups excluding carboxylic acids is 2. The number of aliphatic hydroxyl groups excluding tert-OH is 1. The molecule has 0 spiro atoms. The van der Waals surface area contributed by atoms with Crippen LogP contribution in [0.25, 0.3) is 0 Å². The van der Waals surface area contributed by atoms with Crippen LogP contribution in [-0.4, -0.2) is 81.8 Å². The standard InChI is InChI=1S/C15H24N4O4S/c1-3-18(6-4-5-8-20)14(21)12-10-19(7-9-23-12)15(22)13-11(2)16-17-24-13/h12,20H,3-10H2,1-2H3. The third-order valence-corrected chi connectivity index (χ3v) is 4.82. The Labute approximate surface area is 145 Å². The van der Waals surface area contributed by atoms with Crippen LogP contribution < -0.4 is 0 Å². The Morgan fingerprint density at radius 3 is 2.88 bits per heavy atom. The number of carbonyl (C=O) groups is 2. The van der Waals surface area contributed by atoms with Crippen LogP contribution in [-0.2, 0) is 9.53 Å². The molecule has 2 rings (SSSR count). The molecule has 2 amide bonds. The number of hydrogen-bond donors (Lipinski definition) is 1. The molecule has 0 bridgehead atoms. The number of hydrogen-bond acceptors (Lipinski definition) is 7. The van der Waals surface area contributed by atoms with Crippen molar-refractivity contribution in [3.05, 3.63) is 10.6 Å². The molecule has 0 aromatic carbocycles. The first-order valence-electron chi connectivity index (χ1n) is 8.18. The minimum Gasteiger partial charge on any atom is -0.396 e. The van der Waals surface area contributed by atoms with Crippen molar-refractivity contribution in [3.8, 4) is 0 Å². The zero-order valence-electron chi connectivity index (χ0n) is 14.1. The van der Waals surface area contributed by atoms with Gasteiger partial charge in [-0.2, -0.15) is 0 Å². The van der Waals surface area contributed by atoms with Crippen molar-refractivity contribution in [1.29, 1.82) is 0 Å². The fourth-order valence-corrected chi connectivity index (χ4v) is 3.22. The third kappa shape index (κ3) is 4.49. The van der Waals surface area contributed by atoms with E-state index in [1.807, 2.05) is 6.92 Å². The summed E-state index contributed by atoms with van der Waals surface area (Å²) < 4.78 is 9.39. The van der Waals surface area contributed by atoms with E-state index in [1.54, 1.807) is 16.7 Å². The number of amides is 2. The molecule has 1 saturated heterocycles. The molecule has 1 aromatic rings. The Hall–Kier alpha value is -1.58. The SMILES string of the molecule is CCN(CCCCO)C(=O)C1CN(C(=O)c2snnc2C)CCO1. The highest BCUT2D eigenvalue weighted by Crippen LogP contribution is 2.16. The number of likely N-dealkylation sites (N-methyl/N-ethyl adjacent to an activating group) is 1. The quantitative estimate of drug-likeness (QED) is 0.707. The lowest BCUT2D eigenvalue weighted by Crippen LogP contribution is -2.52. The van der Waals surface area contributed by atoms with Crippen molar-refractivity contribution < 1.29 is 19.4 Å². The third-order valence-electron chi connectivity index (χ3n) is 4.00. The molecule has 2 heterocycles. The summed E-state index contributed by atoms with van der Waals surface area (Å²) in [6, 6.07) is 0. The zero-order chi connectivity index (χ0) is 17.5. The van der Waals surface area contributed by atoms with Gasteiger partial charge in [0.25, 0.3) is 11.8 Å². The molecule has 24 heavy (non-hydrogen) atoms. The van der Waals surface area contributed by atoms with Gasteiger partial charge in [0.2, 0.25) is 0 Å². The van der Waals surface area contributed by atoms with Crippen molar-refractivity contribution in [2.45, 2.75) is 32.8 Å². The summed E-state index contributed by atoms with van der Waals surface area (Å²) in [5, 5.41) is 12.7. The van der Waals surface area contributed by atoms with Gasteiger partial charge in [-0.25, -0.2) is 0 Å². The second kappa shape index (κ2) is 9.05. The molecule has 1 fully saturated rings. The van der Waals surface area contributed by atoms with E-state index in [2.05, 4.69) is 9.59 Å².